The van der Waals surface area contributed by atoms with Gasteiger partial charge < -0.3 is 19.3 Å². The number of ether oxygens (including phenoxy) is 2. The Balaban J connectivity index is 1.48. The van der Waals surface area contributed by atoms with E-state index in [1.54, 1.807) is 28.9 Å². The second-order valence-corrected chi connectivity index (χ2v) is 6.04. The Morgan fingerprint density at radius 2 is 2.00 bits per heavy atom. The maximum Gasteiger partial charge on any atom is 0.276 e. The van der Waals surface area contributed by atoms with Crippen LogP contribution >= 0.6 is 0 Å². The van der Waals surface area contributed by atoms with E-state index < -0.39 is 0 Å². The van der Waals surface area contributed by atoms with E-state index in [9.17, 15) is 4.79 Å². The number of hydrogen-bond acceptors (Lipinski definition) is 6. The molecule has 0 radical (unpaired) electrons. The zero-order valence-corrected chi connectivity index (χ0v) is 14.1. The molecule has 5 rings (SSSR count). The van der Waals surface area contributed by atoms with Crippen LogP contribution in [-0.4, -0.2) is 27.6 Å². The summed E-state index contributed by atoms with van der Waals surface area (Å²) < 4.78 is 17.3. The molecule has 1 aliphatic rings. The molecule has 134 valence electrons. The molecule has 8 heteroatoms. The highest BCUT2D eigenvalue weighted by Gasteiger charge is 2.19. The minimum atomic E-state index is -0.302. The van der Waals surface area contributed by atoms with Crippen molar-refractivity contribution in [1.82, 2.24) is 14.9 Å². The van der Waals surface area contributed by atoms with E-state index in [-0.39, 0.29) is 12.7 Å². The summed E-state index contributed by atoms with van der Waals surface area (Å²) in [5.74, 6) is 0.966. The molecule has 1 amide bonds. The van der Waals surface area contributed by atoms with E-state index in [1.165, 1.54) is 6.26 Å². The smallest absolute Gasteiger partial charge is 0.276 e. The lowest BCUT2D eigenvalue weighted by atomic mass is 10.2. The monoisotopic (exact) mass is 362 g/mol. The van der Waals surface area contributed by atoms with Crippen molar-refractivity contribution in [3.8, 4) is 11.5 Å². The van der Waals surface area contributed by atoms with Gasteiger partial charge in [-0.25, -0.2) is 0 Å². The highest BCUT2D eigenvalue weighted by molar-refractivity contribution is 6.11. The van der Waals surface area contributed by atoms with Gasteiger partial charge in [0.2, 0.25) is 6.79 Å². The number of benzene rings is 2. The van der Waals surface area contributed by atoms with Gasteiger partial charge in [-0.2, -0.15) is 5.10 Å². The van der Waals surface area contributed by atoms with Gasteiger partial charge in [0.05, 0.1) is 12.1 Å². The van der Waals surface area contributed by atoms with Crippen LogP contribution in [0.2, 0.25) is 0 Å². The molecule has 8 nitrogen and oxygen atoms in total. The fraction of sp³-hybridized carbons (Fsp3) is 0.105. The fourth-order valence-corrected chi connectivity index (χ4v) is 3.05. The largest absolute Gasteiger partial charge is 0.454 e. The van der Waals surface area contributed by atoms with Gasteiger partial charge in [-0.1, -0.05) is 23.4 Å². The standard InChI is InChI=1S/C19H14N4O4/c24-19(20-12-5-6-16-17(9-12)26-11-25-16)18-14-3-1-2-4-15(14)23(21-18)10-13-7-8-27-22-13/h1-9H,10-11H2,(H,20,24). The first-order valence-electron chi connectivity index (χ1n) is 8.34. The molecule has 1 aliphatic heterocycles. The maximum absolute atomic E-state index is 12.9. The van der Waals surface area contributed by atoms with Crippen LogP contribution in [0.3, 0.4) is 0 Å². The van der Waals surface area contributed by atoms with Crippen molar-refractivity contribution < 1.29 is 18.8 Å². The van der Waals surface area contributed by atoms with E-state index >= 15 is 0 Å². The lowest BCUT2D eigenvalue weighted by Gasteiger charge is -2.04. The molecule has 3 heterocycles. The molecule has 0 fully saturated rings. The second-order valence-electron chi connectivity index (χ2n) is 6.04. The quantitative estimate of drug-likeness (QED) is 0.600. The number of para-hydroxylation sites is 1. The first kappa shape index (κ1) is 15.4. The van der Waals surface area contributed by atoms with E-state index in [2.05, 4.69) is 15.6 Å². The Bertz CT molecular complexity index is 1130. The molecular weight excluding hydrogens is 348 g/mol. The Labute approximate surface area is 153 Å². The van der Waals surface area contributed by atoms with E-state index in [4.69, 9.17) is 14.0 Å². The summed E-state index contributed by atoms with van der Waals surface area (Å²) in [6.45, 7) is 0.595. The van der Waals surface area contributed by atoms with Crippen LogP contribution in [0.1, 0.15) is 16.2 Å². The van der Waals surface area contributed by atoms with E-state index in [0.29, 0.717) is 29.4 Å². The predicted octanol–water partition coefficient (Wildman–Crippen LogP) is 3.05. The number of amides is 1. The summed E-state index contributed by atoms with van der Waals surface area (Å²) in [6.07, 6.45) is 1.51. The molecule has 0 unspecified atom stereocenters. The van der Waals surface area contributed by atoms with Gasteiger partial charge in [-0.3, -0.25) is 9.48 Å². The van der Waals surface area contributed by atoms with Crippen LogP contribution < -0.4 is 14.8 Å². The van der Waals surface area contributed by atoms with Gasteiger partial charge in [0.1, 0.15) is 12.0 Å². The van der Waals surface area contributed by atoms with E-state index in [0.717, 1.165) is 16.6 Å². The number of aromatic nitrogens is 3. The van der Waals surface area contributed by atoms with Crippen LogP contribution in [0.5, 0.6) is 11.5 Å². The van der Waals surface area contributed by atoms with Crippen LogP contribution in [0, 0.1) is 0 Å². The molecule has 4 aromatic rings. The Morgan fingerprint density at radius 3 is 2.89 bits per heavy atom. The van der Waals surface area contributed by atoms with Crippen molar-refractivity contribution in [2.45, 2.75) is 6.54 Å². The predicted molar refractivity (Wildman–Crippen MR) is 95.9 cm³/mol. The molecule has 0 bridgehead atoms. The number of carbonyl (C=O) groups is 1. The SMILES string of the molecule is O=C(Nc1ccc2c(c1)OCO2)c1nn(Cc2ccon2)c2ccccc12. The number of nitrogens with one attached hydrogen (secondary N) is 1. The Hall–Kier alpha value is -3.81. The summed E-state index contributed by atoms with van der Waals surface area (Å²) in [4.78, 5) is 12.9. The Kier molecular flexibility index (Phi) is 3.53. The van der Waals surface area contributed by atoms with Gasteiger partial charge in [0.15, 0.2) is 17.2 Å². The van der Waals surface area contributed by atoms with Crippen molar-refractivity contribution in [3.05, 3.63) is 66.2 Å². The molecule has 0 saturated heterocycles. The zero-order chi connectivity index (χ0) is 18.2. The minimum absolute atomic E-state index is 0.184. The van der Waals surface area contributed by atoms with Crippen LogP contribution in [0.15, 0.2) is 59.3 Å². The second kappa shape index (κ2) is 6.17. The van der Waals surface area contributed by atoms with Gasteiger partial charge in [-0.05, 0) is 18.2 Å². The third kappa shape index (κ3) is 2.77. The molecule has 0 atom stereocenters. The number of hydrogen-bond donors (Lipinski definition) is 1. The van der Waals surface area contributed by atoms with Gasteiger partial charge in [-0.15, -0.1) is 0 Å². The average molecular weight is 362 g/mol. The lowest BCUT2D eigenvalue weighted by molar-refractivity contribution is 0.102. The van der Waals surface area contributed by atoms with Crippen LogP contribution in [0.25, 0.3) is 10.9 Å². The number of rotatable bonds is 4. The van der Waals surface area contributed by atoms with Crippen molar-refractivity contribution in [2.75, 3.05) is 12.1 Å². The lowest BCUT2D eigenvalue weighted by Crippen LogP contribution is -2.14. The van der Waals surface area contributed by atoms with Crippen molar-refractivity contribution in [3.63, 3.8) is 0 Å². The van der Waals surface area contributed by atoms with Gasteiger partial charge >= 0.3 is 0 Å². The zero-order valence-electron chi connectivity index (χ0n) is 14.1. The molecule has 0 spiro atoms. The summed E-state index contributed by atoms with van der Waals surface area (Å²) in [5.41, 5.74) is 2.52. The molecule has 27 heavy (non-hydrogen) atoms. The summed E-state index contributed by atoms with van der Waals surface area (Å²) >= 11 is 0. The molecule has 2 aromatic heterocycles. The highest BCUT2D eigenvalue weighted by atomic mass is 16.7. The number of anilines is 1. The molecule has 0 aliphatic carbocycles. The number of carbonyl (C=O) groups excluding carboxylic acids is 1. The summed E-state index contributed by atoms with van der Waals surface area (Å²) in [6, 6.07) is 14.6. The van der Waals surface area contributed by atoms with E-state index in [1.807, 2.05) is 24.3 Å². The maximum atomic E-state index is 12.9. The van der Waals surface area contributed by atoms with Crippen LogP contribution in [0.4, 0.5) is 5.69 Å². The summed E-state index contributed by atoms with van der Waals surface area (Å²) in [7, 11) is 0. The first-order chi connectivity index (χ1) is 13.3. The van der Waals surface area contributed by atoms with Gasteiger partial charge in [0, 0.05) is 23.2 Å². The third-order valence-electron chi connectivity index (χ3n) is 4.31. The molecule has 2 aromatic carbocycles. The highest BCUT2D eigenvalue weighted by Crippen LogP contribution is 2.34. The average Bonchev–Trinajstić information content (AvgIpc) is 3.42. The Morgan fingerprint density at radius 1 is 1.11 bits per heavy atom. The number of fused-ring (bicyclic) bond motifs is 2. The fourth-order valence-electron chi connectivity index (χ4n) is 3.05. The molecular formula is C19H14N4O4. The number of nitrogens with zero attached hydrogens (tertiary/aromatic N) is 3. The molecule has 1 N–H and O–H groups in total. The van der Waals surface area contributed by atoms with Crippen LogP contribution in [-0.2, 0) is 6.54 Å². The van der Waals surface area contributed by atoms with Gasteiger partial charge in [0.25, 0.3) is 5.91 Å². The minimum Gasteiger partial charge on any atom is -0.454 e. The third-order valence-corrected chi connectivity index (χ3v) is 4.31. The normalized spacial score (nSPS) is 12.4. The molecule has 0 saturated carbocycles. The van der Waals surface area contributed by atoms with Crippen molar-refractivity contribution >= 4 is 22.5 Å². The first-order valence-corrected chi connectivity index (χ1v) is 8.34. The van der Waals surface area contributed by atoms with Crippen molar-refractivity contribution in [2.24, 2.45) is 0 Å². The van der Waals surface area contributed by atoms with Crippen molar-refractivity contribution in [1.29, 1.82) is 0 Å². The topological polar surface area (TPSA) is 91.4 Å². The summed E-state index contributed by atoms with van der Waals surface area (Å²) in [5, 5.41) is 12.0.